The normalized spacial score (nSPS) is 11.9. The van der Waals surface area contributed by atoms with Crippen molar-refractivity contribution in [3.8, 4) is 0 Å². The Morgan fingerprint density at radius 2 is 2.00 bits per heavy atom. The lowest BCUT2D eigenvalue weighted by atomic mass is 10.2. The average Bonchev–Trinajstić information content (AvgIpc) is 2.63. The van der Waals surface area contributed by atoms with Crippen LogP contribution in [0.2, 0.25) is 0 Å². The minimum absolute atomic E-state index is 0.375. The Balaban J connectivity index is 2.43. The van der Waals surface area contributed by atoms with Crippen LogP contribution in [0.4, 0.5) is 0 Å². The van der Waals surface area contributed by atoms with Crippen molar-refractivity contribution in [2.24, 2.45) is 0 Å². The number of unbranched alkanes of at least 4 members (excludes halogenated alkanes) is 3. The highest BCUT2D eigenvalue weighted by Gasteiger charge is 2.18. The van der Waals surface area contributed by atoms with Gasteiger partial charge in [-0.1, -0.05) is 12.8 Å². The highest BCUT2D eigenvalue weighted by atomic mass is 79.9. The third-order valence-corrected chi connectivity index (χ3v) is 6.02. The molecule has 0 fully saturated rings. The van der Waals surface area contributed by atoms with Gasteiger partial charge in [0.1, 0.15) is 0 Å². The molecule has 3 nitrogen and oxygen atoms in total. The molecule has 0 bridgehead atoms. The van der Waals surface area contributed by atoms with Gasteiger partial charge in [0, 0.05) is 17.3 Å². The molecule has 0 amide bonds. The summed E-state index contributed by atoms with van der Waals surface area (Å²) in [6.07, 6.45) is 3.89. The van der Waals surface area contributed by atoms with E-state index >= 15 is 0 Å². The third-order valence-electron chi connectivity index (χ3n) is 2.48. The van der Waals surface area contributed by atoms with Crippen LogP contribution in [0.3, 0.4) is 0 Å². The number of nitrogens with one attached hydrogen (secondary N) is 1. The first-order chi connectivity index (χ1) is 8.47. The molecule has 18 heavy (non-hydrogen) atoms. The van der Waals surface area contributed by atoms with Gasteiger partial charge in [-0.3, -0.25) is 0 Å². The van der Waals surface area contributed by atoms with Gasteiger partial charge in [0.2, 0.25) is 10.0 Å². The molecule has 1 heterocycles. The molecule has 1 aromatic heterocycles. The average molecular weight is 375 g/mol. The second-order valence-corrected chi connectivity index (χ2v) is 8.72. The van der Waals surface area contributed by atoms with E-state index in [0.29, 0.717) is 17.3 Å². The zero-order chi connectivity index (χ0) is 13.6. The number of thiophene rings is 1. The number of alkyl halides is 1. The lowest BCUT2D eigenvalue weighted by Gasteiger charge is -2.05. The quantitative estimate of drug-likeness (QED) is 0.554. The molecule has 0 aliphatic carbocycles. The molecular weight excluding hydrogens is 358 g/mol. The fourth-order valence-corrected chi connectivity index (χ4v) is 5.23. The van der Waals surface area contributed by atoms with Gasteiger partial charge in [0.25, 0.3) is 0 Å². The van der Waals surface area contributed by atoms with E-state index in [1.165, 1.54) is 11.3 Å². The van der Waals surface area contributed by atoms with Crippen molar-refractivity contribution in [3.63, 3.8) is 0 Å². The maximum atomic E-state index is 12.0. The fraction of sp³-hybridized carbons (Fsp3) is 0.636. The second-order valence-electron chi connectivity index (χ2n) is 3.97. The van der Waals surface area contributed by atoms with Crippen molar-refractivity contribution in [2.45, 2.75) is 37.5 Å². The zero-order valence-electron chi connectivity index (χ0n) is 10.2. The highest BCUT2D eigenvalue weighted by molar-refractivity contribution is 9.11. The molecule has 0 spiro atoms. The molecule has 0 unspecified atom stereocenters. The largest absolute Gasteiger partial charge is 0.241 e. The Bertz CT molecular complexity index is 473. The summed E-state index contributed by atoms with van der Waals surface area (Å²) in [6.45, 7) is 2.29. The third kappa shape index (κ3) is 5.17. The van der Waals surface area contributed by atoms with Crippen LogP contribution >= 0.6 is 38.9 Å². The zero-order valence-corrected chi connectivity index (χ0v) is 14.2. The van der Waals surface area contributed by atoms with Gasteiger partial charge in [0.15, 0.2) is 0 Å². The van der Waals surface area contributed by atoms with Crippen LogP contribution in [-0.2, 0) is 10.0 Å². The molecule has 0 saturated carbocycles. The van der Waals surface area contributed by atoms with Gasteiger partial charge >= 0.3 is 0 Å². The summed E-state index contributed by atoms with van der Waals surface area (Å²) in [4.78, 5) is 1.18. The van der Waals surface area contributed by atoms with Crippen LogP contribution in [-0.4, -0.2) is 20.8 Å². The summed E-state index contributed by atoms with van der Waals surface area (Å²) in [5.74, 6) is 0.674. The highest BCUT2D eigenvalue weighted by Crippen LogP contribution is 2.29. The molecule has 0 radical (unpaired) electrons. The molecule has 0 aliphatic rings. The van der Waals surface area contributed by atoms with E-state index < -0.39 is 10.0 Å². The Morgan fingerprint density at radius 3 is 2.56 bits per heavy atom. The number of hydrogen-bond donors (Lipinski definition) is 1. The van der Waals surface area contributed by atoms with Crippen molar-refractivity contribution < 1.29 is 8.42 Å². The van der Waals surface area contributed by atoms with Crippen LogP contribution in [0.5, 0.6) is 0 Å². The SMILES string of the molecule is Cc1sc(Br)cc1S(=O)(=O)NCCCCCCCl. The van der Waals surface area contributed by atoms with Crippen molar-refractivity contribution in [3.05, 3.63) is 14.7 Å². The Hall–Kier alpha value is 0.380. The Labute approximate surface area is 126 Å². The predicted molar refractivity (Wildman–Crippen MR) is 81.1 cm³/mol. The minimum atomic E-state index is -3.36. The first-order valence-corrected chi connectivity index (χ1v) is 9.41. The number of aryl methyl sites for hydroxylation is 1. The van der Waals surface area contributed by atoms with Gasteiger partial charge in [-0.05, 0) is 41.8 Å². The standard InChI is InChI=1S/C11H17BrClNO2S2/c1-9-10(8-11(12)17-9)18(15,16)14-7-5-3-2-4-6-13/h8,14H,2-7H2,1H3. The molecule has 1 N–H and O–H groups in total. The molecule has 0 aliphatic heterocycles. The maximum absolute atomic E-state index is 12.0. The lowest BCUT2D eigenvalue weighted by Crippen LogP contribution is -2.24. The van der Waals surface area contributed by atoms with Crippen molar-refractivity contribution >= 4 is 48.9 Å². The number of rotatable bonds is 8. The Morgan fingerprint density at radius 1 is 1.33 bits per heavy atom. The van der Waals surface area contributed by atoms with Crippen LogP contribution in [0.25, 0.3) is 0 Å². The van der Waals surface area contributed by atoms with E-state index in [0.717, 1.165) is 34.3 Å². The van der Waals surface area contributed by atoms with Gasteiger partial charge in [0.05, 0.1) is 8.68 Å². The lowest BCUT2D eigenvalue weighted by molar-refractivity contribution is 0.573. The minimum Gasteiger partial charge on any atom is -0.211 e. The van der Waals surface area contributed by atoms with Gasteiger partial charge < -0.3 is 0 Å². The van der Waals surface area contributed by atoms with Gasteiger partial charge in [-0.25, -0.2) is 13.1 Å². The van der Waals surface area contributed by atoms with Gasteiger partial charge in [-0.2, -0.15) is 0 Å². The molecule has 0 atom stereocenters. The van der Waals surface area contributed by atoms with Crippen LogP contribution < -0.4 is 4.72 Å². The van der Waals surface area contributed by atoms with E-state index in [2.05, 4.69) is 20.7 Å². The van der Waals surface area contributed by atoms with Crippen LogP contribution in [0, 0.1) is 6.92 Å². The summed E-state index contributed by atoms with van der Waals surface area (Å²) in [7, 11) is -3.36. The van der Waals surface area contributed by atoms with E-state index in [1.807, 2.05) is 6.92 Å². The molecule has 0 aromatic carbocycles. The summed E-state index contributed by atoms with van der Waals surface area (Å²) in [5, 5.41) is 0. The second kappa shape index (κ2) is 7.85. The van der Waals surface area contributed by atoms with E-state index in [4.69, 9.17) is 11.6 Å². The molecule has 1 rings (SSSR count). The van der Waals surface area contributed by atoms with Crippen LogP contribution in [0.15, 0.2) is 14.7 Å². The smallest absolute Gasteiger partial charge is 0.211 e. The fourth-order valence-electron chi connectivity index (χ4n) is 1.55. The summed E-state index contributed by atoms with van der Waals surface area (Å²) in [6, 6.07) is 1.65. The van der Waals surface area contributed by atoms with E-state index in [-0.39, 0.29) is 0 Å². The number of halogens is 2. The monoisotopic (exact) mass is 373 g/mol. The molecular formula is C11H17BrClNO2S2. The molecule has 7 heteroatoms. The Kier molecular flexibility index (Phi) is 7.16. The summed E-state index contributed by atoms with van der Waals surface area (Å²) >= 11 is 10.3. The van der Waals surface area contributed by atoms with Crippen molar-refractivity contribution in [1.29, 1.82) is 0 Å². The van der Waals surface area contributed by atoms with Crippen LogP contribution in [0.1, 0.15) is 30.6 Å². The summed E-state index contributed by atoms with van der Waals surface area (Å²) < 4.78 is 27.5. The predicted octanol–water partition coefficient (Wildman–Crippen LogP) is 3.90. The van der Waals surface area contributed by atoms with E-state index in [9.17, 15) is 8.42 Å². The van der Waals surface area contributed by atoms with E-state index in [1.54, 1.807) is 6.07 Å². The number of hydrogen-bond acceptors (Lipinski definition) is 3. The molecule has 1 aromatic rings. The maximum Gasteiger partial charge on any atom is 0.241 e. The summed E-state index contributed by atoms with van der Waals surface area (Å²) in [5.41, 5.74) is 0. The van der Waals surface area contributed by atoms with Crippen molar-refractivity contribution in [1.82, 2.24) is 4.72 Å². The topological polar surface area (TPSA) is 46.2 Å². The first-order valence-electron chi connectivity index (χ1n) is 5.79. The molecule has 0 saturated heterocycles. The van der Waals surface area contributed by atoms with Gasteiger partial charge in [-0.15, -0.1) is 22.9 Å². The number of sulfonamides is 1. The first kappa shape index (κ1) is 16.4. The van der Waals surface area contributed by atoms with Crippen molar-refractivity contribution in [2.75, 3.05) is 12.4 Å². The molecule has 104 valence electrons.